The van der Waals surface area contributed by atoms with Gasteiger partial charge in [-0.3, -0.25) is 0 Å². The molecule has 0 aliphatic carbocycles. The zero-order chi connectivity index (χ0) is 12.7. The summed E-state index contributed by atoms with van der Waals surface area (Å²) in [4.78, 5) is 10.4. The second-order valence-corrected chi connectivity index (χ2v) is 4.95. The second kappa shape index (κ2) is 7.23. The number of hydrogen-bond donors (Lipinski definition) is 1. The molecule has 0 radical (unpaired) electrons. The topological polar surface area (TPSA) is 43.1 Å². The summed E-state index contributed by atoms with van der Waals surface area (Å²) in [5.74, 6) is 0.725. The lowest BCUT2D eigenvalue weighted by molar-refractivity contribution is -0.107. The largest absolute Gasteiger partial charge is 0.326 e. The molecular weight excluding hydrogens is 210 g/mol. The Morgan fingerprint density at radius 2 is 2.00 bits per heavy atom. The van der Waals surface area contributed by atoms with Crippen LogP contribution >= 0.6 is 0 Å². The number of carbonyl (C=O) groups is 1. The Morgan fingerprint density at radius 1 is 1.24 bits per heavy atom. The van der Waals surface area contributed by atoms with Crippen LogP contribution in [0.2, 0.25) is 0 Å². The number of nitrogens with two attached hydrogens (primary N) is 1. The Kier molecular flexibility index (Phi) is 5.92. The third-order valence-corrected chi connectivity index (χ3v) is 3.03. The van der Waals surface area contributed by atoms with Gasteiger partial charge in [0.2, 0.25) is 0 Å². The minimum absolute atomic E-state index is 0.554. The summed E-state index contributed by atoms with van der Waals surface area (Å²) < 4.78 is 0. The van der Waals surface area contributed by atoms with Crippen LogP contribution in [0.15, 0.2) is 18.2 Å². The van der Waals surface area contributed by atoms with Crippen molar-refractivity contribution in [2.24, 2.45) is 11.7 Å². The highest BCUT2D eigenvalue weighted by atomic mass is 16.1. The van der Waals surface area contributed by atoms with E-state index in [2.05, 4.69) is 32.0 Å². The van der Waals surface area contributed by atoms with Crippen LogP contribution in [0.1, 0.15) is 43.4 Å². The van der Waals surface area contributed by atoms with E-state index in [1.165, 1.54) is 23.1 Å². The highest BCUT2D eigenvalue weighted by Crippen LogP contribution is 2.16. The van der Waals surface area contributed by atoms with Gasteiger partial charge in [-0.15, -0.1) is 0 Å². The summed E-state index contributed by atoms with van der Waals surface area (Å²) >= 11 is 0. The predicted octanol–water partition coefficient (Wildman–Crippen LogP) is 2.87. The summed E-state index contributed by atoms with van der Waals surface area (Å²) in [5, 5.41) is 0. The second-order valence-electron chi connectivity index (χ2n) is 4.95. The van der Waals surface area contributed by atoms with Crippen molar-refractivity contribution < 1.29 is 4.79 Å². The van der Waals surface area contributed by atoms with Crippen molar-refractivity contribution in [1.82, 2.24) is 0 Å². The standard InChI is InChI=1S/C15H23NO/c1-12(2)5-6-13-7-8-15(11-16)14(10-13)4-3-9-17/h7-10,12H,3-6,11,16H2,1-2H3. The molecular formula is C15H23NO. The molecule has 0 aliphatic heterocycles. The maximum Gasteiger partial charge on any atom is 0.120 e. The summed E-state index contributed by atoms with van der Waals surface area (Å²) in [5.41, 5.74) is 9.47. The van der Waals surface area contributed by atoms with Crippen LogP contribution in [-0.4, -0.2) is 6.29 Å². The molecule has 0 spiro atoms. The smallest absolute Gasteiger partial charge is 0.120 e. The molecule has 94 valence electrons. The normalized spacial score (nSPS) is 10.8. The molecule has 2 nitrogen and oxygen atoms in total. The first-order valence-corrected chi connectivity index (χ1v) is 6.41. The predicted molar refractivity (Wildman–Crippen MR) is 71.9 cm³/mol. The van der Waals surface area contributed by atoms with Crippen molar-refractivity contribution in [1.29, 1.82) is 0 Å². The van der Waals surface area contributed by atoms with Gasteiger partial charge in [-0.2, -0.15) is 0 Å². The minimum atomic E-state index is 0.554. The zero-order valence-electron chi connectivity index (χ0n) is 10.9. The van der Waals surface area contributed by atoms with Crippen molar-refractivity contribution in [3.8, 4) is 0 Å². The number of aldehydes is 1. The fraction of sp³-hybridized carbons (Fsp3) is 0.533. The van der Waals surface area contributed by atoms with E-state index in [4.69, 9.17) is 5.73 Å². The van der Waals surface area contributed by atoms with E-state index >= 15 is 0 Å². The maximum absolute atomic E-state index is 10.4. The van der Waals surface area contributed by atoms with E-state index in [9.17, 15) is 4.79 Å². The Hall–Kier alpha value is -1.15. The van der Waals surface area contributed by atoms with Gasteiger partial charge in [0, 0.05) is 13.0 Å². The third-order valence-electron chi connectivity index (χ3n) is 3.03. The molecule has 0 fully saturated rings. The molecule has 2 N–H and O–H groups in total. The van der Waals surface area contributed by atoms with Crippen LogP contribution < -0.4 is 5.73 Å². The van der Waals surface area contributed by atoms with Crippen molar-refractivity contribution in [3.05, 3.63) is 34.9 Å². The molecule has 0 amide bonds. The number of benzene rings is 1. The van der Waals surface area contributed by atoms with Crippen LogP contribution in [0.25, 0.3) is 0 Å². The average Bonchev–Trinajstić information content (AvgIpc) is 2.33. The molecule has 17 heavy (non-hydrogen) atoms. The van der Waals surface area contributed by atoms with Gasteiger partial charge in [0.1, 0.15) is 6.29 Å². The van der Waals surface area contributed by atoms with E-state index in [1.54, 1.807) is 0 Å². The van der Waals surface area contributed by atoms with Crippen LogP contribution in [0.5, 0.6) is 0 Å². The molecule has 1 aromatic rings. The molecule has 1 aromatic carbocycles. The first-order valence-electron chi connectivity index (χ1n) is 6.41. The fourth-order valence-electron chi connectivity index (χ4n) is 1.94. The van der Waals surface area contributed by atoms with Crippen molar-refractivity contribution in [3.63, 3.8) is 0 Å². The highest BCUT2D eigenvalue weighted by molar-refractivity contribution is 5.50. The monoisotopic (exact) mass is 233 g/mol. The van der Waals surface area contributed by atoms with Gasteiger partial charge in [0.15, 0.2) is 0 Å². The molecule has 0 saturated heterocycles. The van der Waals surface area contributed by atoms with Crippen molar-refractivity contribution in [2.75, 3.05) is 0 Å². The summed E-state index contributed by atoms with van der Waals surface area (Å²) in [7, 11) is 0. The summed E-state index contributed by atoms with van der Waals surface area (Å²) in [6.45, 7) is 5.03. The quantitative estimate of drug-likeness (QED) is 0.736. The van der Waals surface area contributed by atoms with Gasteiger partial charge in [-0.25, -0.2) is 0 Å². The van der Waals surface area contributed by atoms with Crippen LogP contribution in [0.3, 0.4) is 0 Å². The van der Waals surface area contributed by atoms with E-state index in [-0.39, 0.29) is 0 Å². The molecule has 1 rings (SSSR count). The number of carbonyl (C=O) groups excluding carboxylic acids is 1. The molecule has 2 heteroatoms. The van der Waals surface area contributed by atoms with Gasteiger partial charge in [-0.1, -0.05) is 32.0 Å². The van der Waals surface area contributed by atoms with Crippen molar-refractivity contribution in [2.45, 2.75) is 46.1 Å². The lowest BCUT2D eigenvalue weighted by Gasteiger charge is -2.10. The lowest BCUT2D eigenvalue weighted by Crippen LogP contribution is -2.03. The van der Waals surface area contributed by atoms with Gasteiger partial charge >= 0.3 is 0 Å². The highest BCUT2D eigenvalue weighted by Gasteiger charge is 2.04. The average molecular weight is 233 g/mol. The molecule has 0 saturated carbocycles. The van der Waals surface area contributed by atoms with E-state index in [0.717, 1.165) is 25.0 Å². The van der Waals surface area contributed by atoms with Gasteiger partial charge < -0.3 is 10.5 Å². The number of rotatable bonds is 7. The lowest BCUT2D eigenvalue weighted by atomic mass is 9.96. The van der Waals surface area contributed by atoms with Gasteiger partial charge in [0.05, 0.1) is 0 Å². The minimum Gasteiger partial charge on any atom is -0.326 e. The number of hydrogen-bond acceptors (Lipinski definition) is 2. The summed E-state index contributed by atoms with van der Waals surface area (Å²) in [6.07, 6.45) is 4.68. The van der Waals surface area contributed by atoms with Crippen molar-refractivity contribution >= 4 is 6.29 Å². The Bertz CT molecular complexity index is 358. The third kappa shape index (κ3) is 4.70. The van der Waals surface area contributed by atoms with E-state index in [0.29, 0.717) is 13.0 Å². The molecule has 0 unspecified atom stereocenters. The zero-order valence-corrected chi connectivity index (χ0v) is 10.9. The SMILES string of the molecule is CC(C)CCc1ccc(CN)c(CCC=O)c1. The van der Waals surface area contributed by atoms with Gasteiger partial charge in [0.25, 0.3) is 0 Å². The summed E-state index contributed by atoms with van der Waals surface area (Å²) in [6, 6.07) is 6.48. The van der Waals surface area contributed by atoms with Crippen LogP contribution in [0.4, 0.5) is 0 Å². The van der Waals surface area contributed by atoms with E-state index in [1.807, 2.05) is 0 Å². The van der Waals surface area contributed by atoms with Crippen LogP contribution in [0, 0.1) is 5.92 Å². The van der Waals surface area contributed by atoms with Gasteiger partial charge in [-0.05, 0) is 41.9 Å². The molecule has 0 heterocycles. The molecule has 0 aliphatic rings. The fourth-order valence-corrected chi connectivity index (χ4v) is 1.94. The molecule has 0 aromatic heterocycles. The molecule has 0 bridgehead atoms. The first-order chi connectivity index (χ1) is 8.17. The first kappa shape index (κ1) is 13.9. The number of aryl methyl sites for hydroxylation is 2. The Morgan fingerprint density at radius 3 is 2.59 bits per heavy atom. The Balaban J connectivity index is 2.76. The maximum atomic E-state index is 10.4. The van der Waals surface area contributed by atoms with E-state index < -0.39 is 0 Å². The van der Waals surface area contributed by atoms with Crippen LogP contribution in [-0.2, 0) is 24.2 Å². The Labute approximate surface area is 104 Å². The molecule has 0 atom stereocenters.